The molecule has 0 saturated carbocycles. The Morgan fingerprint density at radius 2 is 2.06 bits per heavy atom. The lowest BCUT2D eigenvalue weighted by Gasteiger charge is -2.13. The highest BCUT2D eigenvalue weighted by Crippen LogP contribution is 2.26. The van der Waals surface area contributed by atoms with Gasteiger partial charge in [0.05, 0.1) is 5.69 Å². The van der Waals surface area contributed by atoms with Gasteiger partial charge in [0.25, 0.3) is 0 Å². The third-order valence-corrected chi connectivity index (χ3v) is 3.69. The Morgan fingerprint density at radius 1 is 1.31 bits per heavy atom. The molecular formula is C12H23N3S. The molecule has 0 spiro atoms. The Kier molecular flexibility index (Phi) is 5.77. The van der Waals surface area contributed by atoms with E-state index >= 15 is 0 Å². The van der Waals surface area contributed by atoms with Crippen LogP contribution in [0.15, 0.2) is 0 Å². The van der Waals surface area contributed by atoms with E-state index in [-0.39, 0.29) is 0 Å². The number of hydrogen-bond acceptors (Lipinski definition) is 4. The summed E-state index contributed by atoms with van der Waals surface area (Å²) in [4.78, 5) is 8.39. The van der Waals surface area contributed by atoms with Crippen molar-refractivity contribution >= 4 is 16.5 Å². The number of aromatic nitrogens is 1. The molecule has 0 saturated heterocycles. The molecule has 0 bridgehead atoms. The average molecular weight is 241 g/mol. The van der Waals surface area contributed by atoms with Crippen LogP contribution in [-0.4, -0.2) is 25.6 Å². The first-order valence-electron chi connectivity index (χ1n) is 6.07. The largest absolute Gasteiger partial charge is 0.351 e. The quantitative estimate of drug-likeness (QED) is 0.795. The van der Waals surface area contributed by atoms with Crippen molar-refractivity contribution in [1.82, 2.24) is 10.3 Å². The van der Waals surface area contributed by atoms with Gasteiger partial charge in [-0.3, -0.25) is 0 Å². The SMILES string of the molecule is CCCc1nc(N(C)CCC)sc1CNC. The van der Waals surface area contributed by atoms with E-state index in [1.807, 2.05) is 18.4 Å². The zero-order valence-corrected chi connectivity index (χ0v) is 11.7. The summed E-state index contributed by atoms with van der Waals surface area (Å²) >= 11 is 1.82. The number of hydrogen-bond donors (Lipinski definition) is 1. The topological polar surface area (TPSA) is 28.2 Å². The second-order valence-corrected chi connectivity index (χ2v) is 5.13. The number of anilines is 1. The molecule has 0 aliphatic rings. The molecule has 0 fully saturated rings. The van der Waals surface area contributed by atoms with Crippen LogP contribution < -0.4 is 10.2 Å². The van der Waals surface area contributed by atoms with Crippen LogP contribution in [0.2, 0.25) is 0 Å². The fourth-order valence-electron chi connectivity index (χ4n) is 1.69. The van der Waals surface area contributed by atoms with Crippen molar-refractivity contribution in [2.45, 2.75) is 39.7 Å². The summed E-state index contributed by atoms with van der Waals surface area (Å²) < 4.78 is 0. The minimum absolute atomic E-state index is 0.937. The van der Waals surface area contributed by atoms with Crippen molar-refractivity contribution in [1.29, 1.82) is 0 Å². The van der Waals surface area contributed by atoms with E-state index in [1.165, 1.54) is 17.0 Å². The Labute approximate surface area is 103 Å². The van der Waals surface area contributed by atoms with E-state index in [2.05, 4.69) is 31.1 Å². The predicted molar refractivity (Wildman–Crippen MR) is 72.4 cm³/mol. The zero-order chi connectivity index (χ0) is 12.0. The first-order chi connectivity index (χ1) is 7.72. The lowest BCUT2D eigenvalue weighted by Crippen LogP contribution is -2.17. The van der Waals surface area contributed by atoms with Gasteiger partial charge in [-0.05, 0) is 19.9 Å². The average Bonchev–Trinajstić information content (AvgIpc) is 2.64. The van der Waals surface area contributed by atoms with E-state index in [9.17, 15) is 0 Å². The summed E-state index contributed by atoms with van der Waals surface area (Å²) in [5, 5.41) is 4.38. The number of thiazole rings is 1. The highest BCUT2D eigenvalue weighted by Gasteiger charge is 2.12. The van der Waals surface area contributed by atoms with Crippen LogP contribution >= 0.6 is 11.3 Å². The highest BCUT2D eigenvalue weighted by atomic mass is 32.1. The van der Waals surface area contributed by atoms with Gasteiger partial charge in [-0.1, -0.05) is 20.3 Å². The number of nitrogens with zero attached hydrogens (tertiary/aromatic N) is 2. The molecule has 4 heteroatoms. The monoisotopic (exact) mass is 241 g/mol. The molecule has 0 aromatic carbocycles. The number of rotatable bonds is 7. The van der Waals surface area contributed by atoms with Gasteiger partial charge in [-0.25, -0.2) is 4.98 Å². The van der Waals surface area contributed by atoms with E-state index in [0.29, 0.717) is 0 Å². The first-order valence-corrected chi connectivity index (χ1v) is 6.88. The maximum atomic E-state index is 4.74. The minimum Gasteiger partial charge on any atom is -0.351 e. The molecule has 1 rings (SSSR count). The van der Waals surface area contributed by atoms with Crippen molar-refractivity contribution in [3.05, 3.63) is 10.6 Å². The van der Waals surface area contributed by atoms with Gasteiger partial charge >= 0.3 is 0 Å². The van der Waals surface area contributed by atoms with Gasteiger partial charge < -0.3 is 10.2 Å². The van der Waals surface area contributed by atoms with Crippen LogP contribution in [0, 0.1) is 0 Å². The number of nitrogens with one attached hydrogen (secondary N) is 1. The van der Waals surface area contributed by atoms with Gasteiger partial charge in [0.1, 0.15) is 0 Å². The Hall–Kier alpha value is -0.610. The van der Waals surface area contributed by atoms with E-state index in [0.717, 1.165) is 31.1 Å². The van der Waals surface area contributed by atoms with Crippen LogP contribution in [0.3, 0.4) is 0 Å². The molecule has 1 heterocycles. The molecular weight excluding hydrogens is 218 g/mol. The molecule has 92 valence electrons. The Balaban J connectivity index is 2.82. The van der Waals surface area contributed by atoms with Crippen molar-refractivity contribution in [2.75, 3.05) is 25.5 Å². The Morgan fingerprint density at radius 3 is 2.62 bits per heavy atom. The van der Waals surface area contributed by atoms with Gasteiger partial charge in [0.2, 0.25) is 0 Å². The van der Waals surface area contributed by atoms with Gasteiger partial charge in [0, 0.05) is 25.0 Å². The van der Waals surface area contributed by atoms with Gasteiger partial charge in [0.15, 0.2) is 5.13 Å². The second-order valence-electron chi connectivity index (χ2n) is 4.07. The lowest BCUT2D eigenvalue weighted by molar-refractivity contribution is 0.794. The molecule has 1 N–H and O–H groups in total. The van der Waals surface area contributed by atoms with Crippen LogP contribution in [0.25, 0.3) is 0 Å². The van der Waals surface area contributed by atoms with Crippen molar-refractivity contribution in [2.24, 2.45) is 0 Å². The van der Waals surface area contributed by atoms with Crippen molar-refractivity contribution < 1.29 is 0 Å². The molecule has 1 aromatic heterocycles. The molecule has 3 nitrogen and oxygen atoms in total. The predicted octanol–water partition coefficient (Wildman–Crippen LogP) is 2.66. The Bertz CT molecular complexity index is 286. The zero-order valence-electron chi connectivity index (χ0n) is 10.8. The van der Waals surface area contributed by atoms with Gasteiger partial charge in [-0.15, -0.1) is 11.3 Å². The number of aryl methyl sites for hydroxylation is 1. The standard InChI is InChI=1S/C12H23N3S/c1-5-7-10-11(9-13-3)16-12(14-10)15(4)8-6-2/h13H,5-9H2,1-4H3. The van der Waals surface area contributed by atoms with Crippen LogP contribution in [0.1, 0.15) is 37.3 Å². The molecule has 0 atom stereocenters. The molecule has 1 aromatic rings. The summed E-state index contributed by atoms with van der Waals surface area (Å²) in [6, 6.07) is 0. The van der Waals surface area contributed by atoms with E-state index in [1.54, 1.807) is 0 Å². The van der Waals surface area contributed by atoms with Crippen molar-refractivity contribution in [3.63, 3.8) is 0 Å². The summed E-state index contributed by atoms with van der Waals surface area (Å²) in [7, 11) is 4.12. The van der Waals surface area contributed by atoms with Crippen LogP contribution in [0.4, 0.5) is 5.13 Å². The van der Waals surface area contributed by atoms with E-state index < -0.39 is 0 Å². The lowest BCUT2D eigenvalue weighted by atomic mass is 10.2. The van der Waals surface area contributed by atoms with Crippen LogP contribution in [0.5, 0.6) is 0 Å². The molecule has 0 amide bonds. The summed E-state index contributed by atoms with van der Waals surface area (Å²) in [5.41, 5.74) is 1.28. The maximum absolute atomic E-state index is 4.74. The maximum Gasteiger partial charge on any atom is 0.185 e. The fraction of sp³-hybridized carbons (Fsp3) is 0.750. The van der Waals surface area contributed by atoms with E-state index in [4.69, 9.17) is 4.98 Å². The fourth-order valence-corrected chi connectivity index (χ4v) is 2.80. The second kappa shape index (κ2) is 6.86. The van der Waals surface area contributed by atoms with Crippen LogP contribution in [-0.2, 0) is 13.0 Å². The molecule has 16 heavy (non-hydrogen) atoms. The summed E-state index contributed by atoms with van der Waals surface area (Å²) in [6.07, 6.45) is 3.42. The molecule has 0 radical (unpaired) electrons. The molecule has 0 unspecified atom stereocenters. The smallest absolute Gasteiger partial charge is 0.185 e. The molecule has 0 aliphatic carbocycles. The highest BCUT2D eigenvalue weighted by molar-refractivity contribution is 7.15. The summed E-state index contributed by atoms with van der Waals surface area (Å²) in [5.74, 6) is 0. The molecule has 0 aliphatic heterocycles. The van der Waals surface area contributed by atoms with Gasteiger partial charge in [-0.2, -0.15) is 0 Å². The minimum atomic E-state index is 0.937. The summed E-state index contributed by atoms with van der Waals surface area (Å²) in [6.45, 7) is 6.43. The third-order valence-electron chi connectivity index (χ3n) is 2.48. The third kappa shape index (κ3) is 3.46. The first kappa shape index (κ1) is 13.5. The normalized spacial score (nSPS) is 10.8. The van der Waals surface area contributed by atoms with Crippen molar-refractivity contribution in [3.8, 4) is 0 Å².